The van der Waals surface area contributed by atoms with Crippen LogP contribution in [0.2, 0.25) is 0 Å². The first-order valence-electron chi connectivity index (χ1n) is 12.1. The molecular formula is C26H52O6S2Sn. The van der Waals surface area contributed by atoms with Gasteiger partial charge in [-0.25, -0.2) is 0 Å². The summed E-state index contributed by atoms with van der Waals surface area (Å²) >= 11 is 9.26. The molecule has 0 aromatic heterocycles. The standard InChI is InChI=1S/2C9H18O3S.2C4H9.Sn/c2*1-8(2)7-11-4-5-12-9(10)3-6-13;2*1-4(2)3;/h2*8,13H,3-7H2,1-2H3;2*4H,1H2,2-3H3;/q;;;;+2/p-2. The monoisotopic (exact) mass is 644 g/mol. The second kappa shape index (κ2) is 36.5. The minimum atomic E-state index is -0.233. The Bertz CT molecular complexity index is 379. The molecule has 6 nitrogen and oxygen atoms in total. The number of carbonyl (C=O) groups is 2. The third-order valence-electron chi connectivity index (χ3n) is 2.50. The molecule has 0 fully saturated rings. The van der Waals surface area contributed by atoms with Crippen LogP contribution in [0.25, 0.3) is 0 Å². The first kappa shape index (κ1) is 45.3. The molecule has 35 heavy (non-hydrogen) atoms. The first-order chi connectivity index (χ1) is 15.8. The summed E-state index contributed by atoms with van der Waals surface area (Å²) in [5, 5.41) is 0. The molecule has 0 saturated heterocycles. The Hall–Kier alpha value is 0.359. The zero-order valence-electron chi connectivity index (χ0n) is 23.6. The van der Waals surface area contributed by atoms with Gasteiger partial charge in [-0.15, -0.1) is 0 Å². The maximum Gasteiger partial charge on any atom is 2.00 e. The number of ether oxygens (including phenoxy) is 4. The topological polar surface area (TPSA) is 71.1 Å². The van der Waals surface area contributed by atoms with E-state index in [0.717, 1.165) is 0 Å². The van der Waals surface area contributed by atoms with Gasteiger partial charge in [-0.2, -0.15) is 11.5 Å². The summed E-state index contributed by atoms with van der Waals surface area (Å²) in [6.07, 6.45) is 0.638. The molecule has 0 aliphatic carbocycles. The van der Waals surface area contributed by atoms with Crippen LogP contribution in [-0.4, -0.2) is 87.0 Å². The van der Waals surface area contributed by atoms with E-state index in [0.29, 0.717) is 87.7 Å². The molecule has 0 N–H and O–H groups in total. The molecule has 0 aliphatic rings. The molecule has 0 unspecified atom stereocenters. The predicted molar refractivity (Wildman–Crippen MR) is 153 cm³/mol. The Balaban J connectivity index is -0.000000128. The van der Waals surface area contributed by atoms with Gasteiger partial charge in [0.05, 0.1) is 13.2 Å². The van der Waals surface area contributed by atoms with E-state index in [1.807, 2.05) is 0 Å². The van der Waals surface area contributed by atoms with Gasteiger partial charge < -0.3 is 44.2 Å². The average Bonchev–Trinajstić information content (AvgIpc) is 2.67. The predicted octanol–water partition coefficient (Wildman–Crippen LogP) is 4.85. The van der Waals surface area contributed by atoms with Crippen LogP contribution in [0.5, 0.6) is 0 Å². The van der Waals surface area contributed by atoms with Crippen molar-refractivity contribution < 1.29 is 28.5 Å². The van der Waals surface area contributed by atoms with Gasteiger partial charge in [-0.05, 0) is 23.7 Å². The zero-order chi connectivity index (χ0) is 27.4. The number of hydrogen-bond acceptors (Lipinski definition) is 8. The minimum Gasteiger partial charge on any atom is -0.792 e. The number of rotatable bonds is 14. The molecule has 0 saturated carbocycles. The molecule has 0 aromatic rings. The summed E-state index contributed by atoms with van der Waals surface area (Å²) in [7, 11) is 0. The molecule has 208 valence electrons. The van der Waals surface area contributed by atoms with Crippen molar-refractivity contribution in [2.24, 2.45) is 23.7 Å². The smallest absolute Gasteiger partial charge is 0.792 e. The summed E-state index contributed by atoms with van der Waals surface area (Å²) in [6.45, 7) is 26.8. The molecule has 0 atom stereocenters. The van der Waals surface area contributed by atoms with E-state index < -0.39 is 0 Å². The van der Waals surface area contributed by atoms with Crippen LogP contribution in [0.1, 0.15) is 68.2 Å². The van der Waals surface area contributed by atoms with Gasteiger partial charge in [-0.3, -0.25) is 9.59 Å². The van der Waals surface area contributed by atoms with Crippen LogP contribution in [0, 0.1) is 37.5 Å². The van der Waals surface area contributed by atoms with E-state index in [4.69, 9.17) is 18.9 Å². The van der Waals surface area contributed by atoms with Crippen LogP contribution < -0.4 is 0 Å². The van der Waals surface area contributed by atoms with Gasteiger partial charge in [-0.1, -0.05) is 69.2 Å². The minimum absolute atomic E-state index is 0. The van der Waals surface area contributed by atoms with E-state index >= 15 is 0 Å². The summed E-state index contributed by atoms with van der Waals surface area (Å²) in [5.74, 6) is 2.58. The van der Waals surface area contributed by atoms with Crippen molar-refractivity contribution in [3.8, 4) is 0 Å². The summed E-state index contributed by atoms with van der Waals surface area (Å²) in [6, 6.07) is 0. The van der Waals surface area contributed by atoms with Gasteiger partial charge in [0.2, 0.25) is 0 Å². The molecule has 0 aliphatic heterocycles. The van der Waals surface area contributed by atoms with Crippen molar-refractivity contribution in [3.05, 3.63) is 13.8 Å². The van der Waals surface area contributed by atoms with Gasteiger partial charge in [0.15, 0.2) is 0 Å². The average molecular weight is 644 g/mol. The van der Waals surface area contributed by atoms with E-state index in [1.165, 1.54) is 0 Å². The third-order valence-corrected chi connectivity index (χ3v) is 2.90. The maximum absolute atomic E-state index is 10.8. The first-order valence-corrected chi connectivity index (χ1v) is 13.2. The summed E-state index contributed by atoms with van der Waals surface area (Å²) < 4.78 is 20.1. The Morgan fingerprint density at radius 1 is 0.629 bits per heavy atom. The molecule has 0 bridgehead atoms. The van der Waals surface area contributed by atoms with Crippen LogP contribution in [0.3, 0.4) is 0 Å². The molecule has 0 rings (SSSR count). The number of carbonyl (C=O) groups excluding carboxylic acids is 2. The fourth-order valence-corrected chi connectivity index (χ4v) is 1.71. The van der Waals surface area contributed by atoms with E-state index in [1.54, 1.807) is 0 Å². The van der Waals surface area contributed by atoms with Gasteiger partial charge in [0.25, 0.3) is 0 Å². The van der Waals surface area contributed by atoms with Crippen LogP contribution >= 0.6 is 0 Å². The van der Waals surface area contributed by atoms with E-state index in [9.17, 15) is 9.59 Å². The molecule has 0 amide bonds. The van der Waals surface area contributed by atoms with E-state index in [-0.39, 0.29) is 35.8 Å². The normalized spacial score (nSPS) is 9.83. The van der Waals surface area contributed by atoms with Crippen molar-refractivity contribution in [2.45, 2.75) is 68.2 Å². The molecule has 0 aromatic carbocycles. The Labute approximate surface area is 245 Å². The SMILES string of the molecule is CC(C)COCCOC(=O)CC[S-].CC(C)COCCOC(=O)CC[S-].[CH2]C(C)C.[CH2]C(C)C.[Sn+2]. The quantitative estimate of drug-likeness (QED) is 0.115. The Morgan fingerprint density at radius 2 is 0.886 bits per heavy atom. The number of hydrogen-bond donors (Lipinski definition) is 0. The van der Waals surface area contributed by atoms with Crippen molar-refractivity contribution in [3.63, 3.8) is 0 Å². The second-order valence-corrected chi connectivity index (χ2v) is 9.89. The van der Waals surface area contributed by atoms with Crippen LogP contribution in [0.4, 0.5) is 0 Å². The van der Waals surface area contributed by atoms with Crippen molar-refractivity contribution >= 4 is 61.1 Å². The van der Waals surface area contributed by atoms with Crippen LogP contribution in [-0.2, 0) is 53.8 Å². The largest absolute Gasteiger partial charge is 2.00 e. The van der Waals surface area contributed by atoms with Crippen LogP contribution in [0.15, 0.2) is 0 Å². The van der Waals surface area contributed by atoms with Crippen molar-refractivity contribution in [1.82, 2.24) is 0 Å². The Kier molecular flexibility index (Phi) is 47.3. The molecule has 4 radical (unpaired) electrons. The molecule has 9 heteroatoms. The maximum atomic E-state index is 10.8. The van der Waals surface area contributed by atoms with E-state index in [2.05, 4.69) is 94.5 Å². The fourth-order valence-electron chi connectivity index (χ4n) is 1.38. The fraction of sp³-hybridized carbons (Fsp3) is 0.846. The van der Waals surface area contributed by atoms with Gasteiger partial charge in [0.1, 0.15) is 13.2 Å². The van der Waals surface area contributed by atoms with Gasteiger partial charge in [0, 0.05) is 26.1 Å². The molecular weight excluding hydrogens is 591 g/mol. The Morgan fingerprint density at radius 3 is 1.09 bits per heavy atom. The third kappa shape index (κ3) is 72.0. The number of esters is 2. The van der Waals surface area contributed by atoms with Gasteiger partial charge >= 0.3 is 35.8 Å². The van der Waals surface area contributed by atoms with Crippen molar-refractivity contribution in [2.75, 3.05) is 51.1 Å². The zero-order valence-corrected chi connectivity index (χ0v) is 28.0. The summed E-state index contributed by atoms with van der Waals surface area (Å²) in [5.41, 5.74) is 0. The second-order valence-electron chi connectivity index (χ2n) is 9.07. The van der Waals surface area contributed by atoms with Crippen molar-refractivity contribution in [1.29, 1.82) is 0 Å². The molecule has 0 heterocycles. The molecule has 0 spiro atoms. The summed E-state index contributed by atoms with van der Waals surface area (Å²) in [4.78, 5) is 21.6.